The largest absolute Gasteiger partial charge is 0.288 e. The lowest BCUT2D eigenvalue weighted by molar-refractivity contribution is 0.0833. The number of rotatable bonds is 1. The first-order valence-corrected chi connectivity index (χ1v) is 5.79. The van der Waals surface area contributed by atoms with Crippen LogP contribution in [0.4, 0.5) is 4.79 Å². The minimum Gasteiger partial charge on any atom is -0.269 e. The summed E-state index contributed by atoms with van der Waals surface area (Å²) in [6.45, 7) is 0.481. The first-order valence-electron chi connectivity index (χ1n) is 4.42. The fourth-order valence-electron chi connectivity index (χ4n) is 1.36. The molecule has 78 valence electrons. The SMILES string of the molecule is O=C1SCCN1C(=O)c1cccc(Cl)c1. The highest BCUT2D eigenvalue weighted by Gasteiger charge is 2.27. The van der Waals surface area contributed by atoms with Crippen molar-refractivity contribution < 1.29 is 9.59 Å². The van der Waals surface area contributed by atoms with E-state index in [0.717, 1.165) is 0 Å². The summed E-state index contributed by atoms with van der Waals surface area (Å²) in [5, 5.41) is 0.320. The quantitative estimate of drug-likeness (QED) is 0.759. The summed E-state index contributed by atoms with van der Waals surface area (Å²) in [7, 11) is 0. The van der Waals surface area contributed by atoms with Crippen LogP contribution in [0.3, 0.4) is 0 Å². The van der Waals surface area contributed by atoms with Gasteiger partial charge in [0.05, 0.1) is 0 Å². The van der Waals surface area contributed by atoms with Gasteiger partial charge in [-0.15, -0.1) is 0 Å². The van der Waals surface area contributed by atoms with Crippen molar-refractivity contribution in [1.29, 1.82) is 0 Å². The van der Waals surface area contributed by atoms with Crippen molar-refractivity contribution in [2.45, 2.75) is 0 Å². The molecule has 0 saturated carbocycles. The van der Waals surface area contributed by atoms with Crippen molar-refractivity contribution in [3.05, 3.63) is 34.9 Å². The van der Waals surface area contributed by atoms with Gasteiger partial charge in [0.25, 0.3) is 11.1 Å². The molecule has 0 radical (unpaired) electrons. The highest BCUT2D eigenvalue weighted by Crippen LogP contribution is 2.21. The first-order chi connectivity index (χ1) is 7.18. The van der Waals surface area contributed by atoms with Crippen molar-refractivity contribution in [2.24, 2.45) is 0 Å². The number of thioether (sulfide) groups is 1. The van der Waals surface area contributed by atoms with E-state index < -0.39 is 0 Å². The number of imide groups is 1. The molecule has 0 N–H and O–H groups in total. The molecule has 2 amide bonds. The Morgan fingerprint density at radius 2 is 2.27 bits per heavy atom. The van der Waals surface area contributed by atoms with E-state index >= 15 is 0 Å². The highest BCUT2D eigenvalue weighted by molar-refractivity contribution is 8.13. The predicted molar refractivity (Wildman–Crippen MR) is 60.3 cm³/mol. The van der Waals surface area contributed by atoms with Gasteiger partial charge in [-0.2, -0.15) is 0 Å². The van der Waals surface area contributed by atoms with Gasteiger partial charge in [0.2, 0.25) is 0 Å². The Balaban J connectivity index is 2.24. The summed E-state index contributed by atoms with van der Waals surface area (Å²) in [6.07, 6.45) is 0. The van der Waals surface area contributed by atoms with Crippen LogP contribution in [0, 0.1) is 0 Å². The molecule has 1 aromatic rings. The molecule has 0 aliphatic carbocycles. The number of carbonyl (C=O) groups is 2. The van der Waals surface area contributed by atoms with E-state index in [2.05, 4.69) is 0 Å². The van der Waals surface area contributed by atoms with Gasteiger partial charge >= 0.3 is 0 Å². The maximum absolute atomic E-state index is 11.8. The number of hydrogen-bond acceptors (Lipinski definition) is 3. The minimum atomic E-state index is -0.271. The second-order valence-corrected chi connectivity index (χ2v) is 4.56. The van der Waals surface area contributed by atoms with Crippen LogP contribution in [0.1, 0.15) is 10.4 Å². The number of benzene rings is 1. The van der Waals surface area contributed by atoms with E-state index in [0.29, 0.717) is 22.9 Å². The van der Waals surface area contributed by atoms with Crippen LogP contribution >= 0.6 is 23.4 Å². The summed E-state index contributed by atoms with van der Waals surface area (Å²) in [4.78, 5) is 24.4. The smallest absolute Gasteiger partial charge is 0.269 e. The Morgan fingerprint density at radius 1 is 1.47 bits per heavy atom. The number of hydrogen-bond donors (Lipinski definition) is 0. The van der Waals surface area contributed by atoms with Crippen molar-refractivity contribution >= 4 is 34.5 Å². The third-order valence-corrected chi connectivity index (χ3v) is 3.17. The van der Waals surface area contributed by atoms with Gasteiger partial charge in [-0.1, -0.05) is 29.4 Å². The minimum absolute atomic E-state index is 0.181. The van der Waals surface area contributed by atoms with E-state index in [1.54, 1.807) is 24.3 Å². The van der Waals surface area contributed by atoms with Crippen LogP contribution in [0.15, 0.2) is 24.3 Å². The molecule has 0 aromatic heterocycles. The van der Waals surface area contributed by atoms with Gasteiger partial charge < -0.3 is 0 Å². The molecule has 0 atom stereocenters. The molecule has 5 heteroatoms. The molecule has 0 spiro atoms. The normalized spacial score (nSPS) is 15.8. The summed E-state index contributed by atoms with van der Waals surface area (Å²) in [6, 6.07) is 6.62. The standard InChI is InChI=1S/C10H8ClNO2S/c11-8-3-1-2-7(6-8)9(13)12-4-5-15-10(12)14/h1-3,6H,4-5H2. The van der Waals surface area contributed by atoms with Crippen LogP contribution < -0.4 is 0 Å². The zero-order valence-corrected chi connectivity index (χ0v) is 9.35. The van der Waals surface area contributed by atoms with Gasteiger partial charge in [-0.05, 0) is 18.2 Å². The van der Waals surface area contributed by atoms with Crippen LogP contribution in [-0.2, 0) is 0 Å². The molecular formula is C10H8ClNO2S. The third kappa shape index (κ3) is 2.16. The summed E-state index contributed by atoms with van der Waals surface area (Å²) in [5.41, 5.74) is 0.457. The zero-order chi connectivity index (χ0) is 10.8. The monoisotopic (exact) mass is 241 g/mol. The van der Waals surface area contributed by atoms with E-state index in [1.807, 2.05) is 0 Å². The number of nitrogens with zero attached hydrogens (tertiary/aromatic N) is 1. The average Bonchev–Trinajstić information content (AvgIpc) is 2.63. The Bertz CT molecular complexity index is 422. The van der Waals surface area contributed by atoms with Crippen LogP contribution in [0.5, 0.6) is 0 Å². The number of amides is 2. The molecule has 1 heterocycles. The molecule has 1 aromatic carbocycles. The molecular weight excluding hydrogens is 234 g/mol. The van der Waals surface area contributed by atoms with Crippen LogP contribution in [0.25, 0.3) is 0 Å². The molecule has 1 fully saturated rings. The van der Waals surface area contributed by atoms with Crippen molar-refractivity contribution in [1.82, 2.24) is 4.90 Å². The molecule has 2 rings (SSSR count). The van der Waals surface area contributed by atoms with Crippen LogP contribution in [-0.4, -0.2) is 28.3 Å². The maximum Gasteiger partial charge on any atom is 0.288 e. The highest BCUT2D eigenvalue weighted by atomic mass is 35.5. The van der Waals surface area contributed by atoms with E-state index in [1.165, 1.54) is 16.7 Å². The lowest BCUT2D eigenvalue weighted by Gasteiger charge is -2.12. The molecule has 0 bridgehead atoms. The fourth-order valence-corrected chi connectivity index (χ4v) is 2.32. The summed E-state index contributed by atoms with van der Waals surface area (Å²) in [5.74, 6) is 0.401. The Hall–Kier alpha value is -1.00. The molecule has 15 heavy (non-hydrogen) atoms. The lowest BCUT2D eigenvalue weighted by Crippen LogP contribution is -2.30. The van der Waals surface area contributed by atoms with Gasteiger partial charge in [-0.25, -0.2) is 0 Å². The molecule has 1 saturated heterocycles. The third-order valence-electron chi connectivity index (χ3n) is 2.08. The molecule has 1 aliphatic heterocycles. The predicted octanol–water partition coefficient (Wildman–Crippen LogP) is 2.65. The van der Waals surface area contributed by atoms with Gasteiger partial charge in [0.15, 0.2) is 0 Å². The van der Waals surface area contributed by atoms with Crippen molar-refractivity contribution in [2.75, 3.05) is 12.3 Å². The summed E-state index contributed by atoms with van der Waals surface area (Å²) < 4.78 is 0. The van der Waals surface area contributed by atoms with Gasteiger partial charge in [0, 0.05) is 22.9 Å². The first kappa shape index (κ1) is 10.5. The maximum atomic E-state index is 11.8. The van der Waals surface area contributed by atoms with Crippen molar-refractivity contribution in [3.8, 4) is 0 Å². The fraction of sp³-hybridized carbons (Fsp3) is 0.200. The second-order valence-electron chi connectivity index (χ2n) is 3.08. The lowest BCUT2D eigenvalue weighted by atomic mass is 10.2. The molecule has 0 unspecified atom stereocenters. The second kappa shape index (κ2) is 4.24. The van der Waals surface area contributed by atoms with Crippen molar-refractivity contribution in [3.63, 3.8) is 0 Å². The Morgan fingerprint density at radius 3 is 2.87 bits per heavy atom. The van der Waals surface area contributed by atoms with E-state index in [9.17, 15) is 9.59 Å². The summed E-state index contributed by atoms with van der Waals surface area (Å²) >= 11 is 6.94. The number of carbonyl (C=O) groups excluding carboxylic acids is 2. The Kier molecular flexibility index (Phi) is 2.98. The average molecular weight is 242 g/mol. The van der Waals surface area contributed by atoms with Crippen LogP contribution in [0.2, 0.25) is 5.02 Å². The molecule has 1 aliphatic rings. The van der Waals surface area contributed by atoms with E-state index in [-0.39, 0.29) is 11.1 Å². The van der Waals surface area contributed by atoms with Gasteiger partial charge in [-0.3, -0.25) is 14.5 Å². The van der Waals surface area contributed by atoms with Gasteiger partial charge in [0.1, 0.15) is 0 Å². The number of halogens is 1. The topological polar surface area (TPSA) is 37.4 Å². The zero-order valence-electron chi connectivity index (χ0n) is 7.77. The van der Waals surface area contributed by atoms with E-state index in [4.69, 9.17) is 11.6 Å². The molecule has 3 nitrogen and oxygen atoms in total. The Labute approximate surface area is 96.4 Å².